The van der Waals surface area contributed by atoms with Crippen molar-refractivity contribution < 1.29 is 9.59 Å². The number of carbonyl (C=O) groups excluding carboxylic acids is 2. The highest BCUT2D eigenvalue weighted by molar-refractivity contribution is 6.03. The predicted molar refractivity (Wildman–Crippen MR) is 103 cm³/mol. The minimum atomic E-state index is -0.447. The average Bonchev–Trinajstić information content (AvgIpc) is 3.33. The van der Waals surface area contributed by atoms with E-state index in [0.717, 1.165) is 5.69 Å². The van der Waals surface area contributed by atoms with Crippen molar-refractivity contribution in [3.8, 4) is 0 Å². The highest BCUT2D eigenvalue weighted by Crippen LogP contribution is 2.18. The third kappa shape index (κ3) is 4.41. The number of aromatic amines is 1. The first kappa shape index (κ1) is 18.4. The van der Waals surface area contributed by atoms with E-state index in [1.54, 1.807) is 60.4 Å². The largest absolute Gasteiger partial charge is 0.324 e. The van der Waals surface area contributed by atoms with Gasteiger partial charge in [0.15, 0.2) is 5.69 Å². The molecular formula is C19H22N6O2. The van der Waals surface area contributed by atoms with Crippen molar-refractivity contribution in [2.75, 3.05) is 10.6 Å². The number of nitrogens with zero attached hydrogens (tertiary/aromatic N) is 3. The molecule has 2 heterocycles. The molecule has 0 saturated carbocycles. The van der Waals surface area contributed by atoms with Gasteiger partial charge in [0.2, 0.25) is 5.91 Å². The fourth-order valence-electron chi connectivity index (χ4n) is 2.50. The van der Waals surface area contributed by atoms with Gasteiger partial charge < -0.3 is 10.6 Å². The second-order valence-electron chi connectivity index (χ2n) is 6.55. The summed E-state index contributed by atoms with van der Waals surface area (Å²) in [7, 11) is 0. The molecule has 1 aromatic carbocycles. The van der Waals surface area contributed by atoms with Gasteiger partial charge in [-0.15, -0.1) is 0 Å². The second kappa shape index (κ2) is 7.86. The van der Waals surface area contributed by atoms with Crippen LogP contribution in [0.1, 0.15) is 48.9 Å². The van der Waals surface area contributed by atoms with Crippen LogP contribution in [0.15, 0.2) is 48.8 Å². The summed E-state index contributed by atoms with van der Waals surface area (Å²) in [4.78, 5) is 24.7. The van der Waals surface area contributed by atoms with Crippen molar-refractivity contribution in [3.05, 3.63) is 60.2 Å². The molecule has 2 amide bonds. The molecule has 1 atom stereocenters. The van der Waals surface area contributed by atoms with E-state index in [0.29, 0.717) is 17.1 Å². The summed E-state index contributed by atoms with van der Waals surface area (Å²) in [5.74, 6) is -0.253. The van der Waals surface area contributed by atoms with Gasteiger partial charge in [-0.2, -0.15) is 10.2 Å². The van der Waals surface area contributed by atoms with E-state index >= 15 is 0 Å². The van der Waals surface area contributed by atoms with Crippen LogP contribution in [0.5, 0.6) is 0 Å². The Hall–Kier alpha value is -3.42. The molecule has 2 aromatic heterocycles. The van der Waals surface area contributed by atoms with Gasteiger partial charge in [0.25, 0.3) is 5.91 Å². The second-order valence-corrected chi connectivity index (χ2v) is 6.55. The minimum absolute atomic E-state index is 0.198. The topological polar surface area (TPSA) is 105 Å². The number of rotatable bonds is 6. The Kier molecular flexibility index (Phi) is 5.35. The molecule has 0 aliphatic carbocycles. The van der Waals surface area contributed by atoms with Crippen molar-refractivity contribution in [3.63, 3.8) is 0 Å². The number of aromatic nitrogens is 4. The van der Waals surface area contributed by atoms with Crippen LogP contribution >= 0.6 is 0 Å². The van der Waals surface area contributed by atoms with E-state index in [-0.39, 0.29) is 17.7 Å². The normalized spacial score (nSPS) is 12.0. The Morgan fingerprint density at radius 3 is 2.44 bits per heavy atom. The summed E-state index contributed by atoms with van der Waals surface area (Å²) < 4.78 is 1.57. The molecule has 3 N–H and O–H groups in total. The van der Waals surface area contributed by atoms with Crippen LogP contribution in [0.25, 0.3) is 0 Å². The SMILES string of the molecule is CC(C)c1cc(C(=O)Nc2cccc(NC(=O)C(C)n3cccn3)c2)n[nH]1. The van der Waals surface area contributed by atoms with Gasteiger partial charge in [0, 0.05) is 29.5 Å². The number of hydrogen-bond acceptors (Lipinski definition) is 4. The van der Waals surface area contributed by atoms with Gasteiger partial charge in [-0.3, -0.25) is 19.4 Å². The van der Waals surface area contributed by atoms with Gasteiger partial charge >= 0.3 is 0 Å². The molecule has 0 bridgehead atoms. The highest BCUT2D eigenvalue weighted by Gasteiger charge is 2.16. The van der Waals surface area contributed by atoms with Crippen LogP contribution in [0, 0.1) is 0 Å². The molecular weight excluding hydrogens is 344 g/mol. The quantitative estimate of drug-likeness (QED) is 0.623. The van der Waals surface area contributed by atoms with Crippen molar-refractivity contribution in [1.29, 1.82) is 0 Å². The fourth-order valence-corrected chi connectivity index (χ4v) is 2.50. The summed E-state index contributed by atoms with van der Waals surface area (Å²) in [6.45, 7) is 5.80. The zero-order valence-electron chi connectivity index (χ0n) is 15.4. The van der Waals surface area contributed by atoms with Crippen molar-refractivity contribution >= 4 is 23.2 Å². The summed E-state index contributed by atoms with van der Waals surface area (Å²) in [6, 6.07) is 10.0. The lowest BCUT2D eigenvalue weighted by Crippen LogP contribution is -2.24. The predicted octanol–water partition coefficient (Wildman–Crippen LogP) is 3.18. The van der Waals surface area contributed by atoms with Crippen molar-refractivity contribution in [2.45, 2.75) is 32.7 Å². The van der Waals surface area contributed by atoms with Gasteiger partial charge in [0.05, 0.1) is 0 Å². The molecule has 3 aromatic rings. The van der Waals surface area contributed by atoms with E-state index in [2.05, 4.69) is 25.9 Å². The van der Waals surface area contributed by atoms with E-state index in [4.69, 9.17) is 0 Å². The number of carbonyl (C=O) groups is 2. The standard InChI is InChI=1S/C19H22N6O2/c1-12(2)16-11-17(24-23-16)19(27)22-15-7-4-6-14(10-15)21-18(26)13(3)25-9-5-8-20-25/h4-13H,1-3H3,(H,21,26)(H,22,27)(H,23,24). The number of anilines is 2. The van der Waals surface area contributed by atoms with Gasteiger partial charge in [-0.25, -0.2) is 0 Å². The molecule has 0 fully saturated rings. The highest BCUT2D eigenvalue weighted by atomic mass is 16.2. The van der Waals surface area contributed by atoms with E-state index in [1.807, 2.05) is 13.8 Å². The number of benzene rings is 1. The van der Waals surface area contributed by atoms with Crippen LogP contribution < -0.4 is 10.6 Å². The summed E-state index contributed by atoms with van der Waals surface area (Å²) >= 11 is 0. The Morgan fingerprint density at radius 2 is 1.81 bits per heavy atom. The zero-order valence-corrected chi connectivity index (χ0v) is 15.4. The smallest absolute Gasteiger partial charge is 0.276 e. The van der Waals surface area contributed by atoms with Crippen LogP contribution in [-0.4, -0.2) is 31.8 Å². The number of amides is 2. The monoisotopic (exact) mass is 366 g/mol. The third-order valence-electron chi connectivity index (χ3n) is 4.14. The molecule has 27 heavy (non-hydrogen) atoms. The van der Waals surface area contributed by atoms with Crippen LogP contribution in [0.4, 0.5) is 11.4 Å². The first-order valence-electron chi connectivity index (χ1n) is 8.70. The van der Waals surface area contributed by atoms with Crippen LogP contribution in [0.2, 0.25) is 0 Å². The van der Waals surface area contributed by atoms with Crippen molar-refractivity contribution in [2.24, 2.45) is 0 Å². The Bertz CT molecular complexity index is 929. The molecule has 0 radical (unpaired) electrons. The number of H-pyrrole nitrogens is 1. The van der Waals surface area contributed by atoms with E-state index in [9.17, 15) is 9.59 Å². The first-order chi connectivity index (χ1) is 12.9. The molecule has 8 heteroatoms. The summed E-state index contributed by atoms with van der Waals surface area (Å²) in [5.41, 5.74) is 2.37. The van der Waals surface area contributed by atoms with Crippen LogP contribution in [-0.2, 0) is 4.79 Å². The number of nitrogens with one attached hydrogen (secondary N) is 3. The molecule has 3 rings (SSSR count). The van der Waals surface area contributed by atoms with E-state index < -0.39 is 6.04 Å². The molecule has 8 nitrogen and oxygen atoms in total. The van der Waals surface area contributed by atoms with Crippen molar-refractivity contribution in [1.82, 2.24) is 20.0 Å². The molecule has 0 spiro atoms. The summed E-state index contributed by atoms with van der Waals surface area (Å²) in [6.07, 6.45) is 3.36. The average molecular weight is 366 g/mol. The molecule has 0 aliphatic heterocycles. The minimum Gasteiger partial charge on any atom is -0.324 e. The maximum absolute atomic E-state index is 12.4. The Labute approximate surface area is 157 Å². The third-order valence-corrected chi connectivity index (χ3v) is 4.14. The lowest BCUT2D eigenvalue weighted by atomic mass is 10.1. The van der Waals surface area contributed by atoms with E-state index in [1.165, 1.54) is 0 Å². The molecule has 0 aliphatic rings. The molecule has 0 saturated heterocycles. The Balaban J connectivity index is 1.66. The molecule has 140 valence electrons. The maximum atomic E-state index is 12.4. The zero-order chi connectivity index (χ0) is 19.4. The first-order valence-corrected chi connectivity index (χ1v) is 8.70. The number of hydrogen-bond donors (Lipinski definition) is 3. The van der Waals surface area contributed by atoms with Gasteiger partial charge in [-0.1, -0.05) is 19.9 Å². The van der Waals surface area contributed by atoms with Gasteiger partial charge in [-0.05, 0) is 43.2 Å². The van der Waals surface area contributed by atoms with Gasteiger partial charge in [0.1, 0.15) is 6.04 Å². The Morgan fingerprint density at radius 1 is 1.07 bits per heavy atom. The maximum Gasteiger partial charge on any atom is 0.276 e. The lowest BCUT2D eigenvalue weighted by Gasteiger charge is -2.13. The summed E-state index contributed by atoms with van der Waals surface area (Å²) in [5, 5.41) is 16.6. The molecule has 1 unspecified atom stereocenters. The lowest BCUT2D eigenvalue weighted by molar-refractivity contribution is -0.119. The fraction of sp³-hybridized carbons (Fsp3) is 0.263. The van der Waals surface area contributed by atoms with Crippen LogP contribution in [0.3, 0.4) is 0 Å².